The second-order valence-electron chi connectivity index (χ2n) is 26.7. The molecule has 8 aromatic carbocycles. The van der Waals surface area contributed by atoms with E-state index in [-0.39, 0.29) is 77.0 Å². The number of H-pyrrole nitrogens is 4. The number of nitrogens with one attached hydrogen (secondary N) is 10. The maximum absolute atomic E-state index is 14.5. The Morgan fingerprint density at radius 2 is 0.887 bits per heavy atom. The molecular weight excluding hydrogens is 1500 g/mol. The summed E-state index contributed by atoms with van der Waals surface area (Å²) in [4.78, 5) is 68.5. The predicted molar refractivity (Wildman–Crippen MR) is 424 cm³/mol. The van der Waals surface area contributed by atoms with E-state index in [2.05, 4.69) is 77.7 Å². The molecule has 32 heteroatoms. The summed E-state index contributed by atoms with van der Waals surface area (Å²) < 4.78 is 115. The molecule has 16 rings (SSSR count). The summed E-state index contributed by atoms with van der Waals surface area (Å²) in [5.74, 6) is -5.12. The van der Waals surface area contributed by atoms with Crippen molar-refractivity contribution in [1.29, 1.82) is 0 Å². The molecule has 0 saturated carbocycles. The number of halogens is 8. The number of carbonyl (C=O) groups is 5. The van der Waals surface area contributed by atoms with Crippen LogP contribution in [-0.2, 0) is 23.9 Å². The second-order valence-corrected chi connectivity index (χ2v) is 26.7. The molecule has 0 aliphatic carbocycles. The number of aromatic nitrogens is 9. The Bertz CT molecular complexity index is 5810. The van der Waals surface area contributed by atoms with Crippen molar-refractivity contribution in [3.8, 4) is 0 Å². The molecule has 3 fully saturated rings. The van der Waals surface area contributed by atoms with Gasteiger partial charge in [-0.3, -0.25) is 54.4 Å². The number of morpholine rings is 1. The molecule has 3 aliphatic heterocycles. The van der Waals surface area contributed by atoms with Gasteiger partial charge >= 0.3 is 6.03 Å². The van der Waals surface area contributed by atoms with Crippen LogP contribution in [0.4, 0.5) is 62.7 Å². The maximum atomic E-state index is 14.5. The molecule has 3 saturated heterocycles. The van der Waals surface area contributed by atoms with Crippen LogP contribution in [0.3, 0.4) is 0 Å². The lowest BCUT2D eigenvalue weighted by molar-refractivity contribution is -0.120. The molecule has 6 amide bonds. The highest BCUT2D eigenvalue weighted by Crippen LogP contribution is 2.32. The third kappa shape index (κ3) is 20.5. The molecule has 24 nitrogen and oxygen atoms in total. The molecule has 3 aliphatic rings. The minimum Gasteiger partial charge on any atom is -0.379 e. The molecule has 8 heterocycles. The van der Waals surface area contributed by atoms with E-state index in [1.54, 1.807) is 128 Å². The van der Waals surface area contributed by atoms with E-state index in [9.17, 15) is 59.1 Å². The lowest BCUT2D eigenvalue weighted by Crippen LogP contribution is -2.41. The molecule has 2 unspecified atom stereocenters. The van der Waals surface area contributed by atoms with Gasteiger partial charge < -0.3 is 42.4 Å². The van der Waals surface area contributed by atoms with Gasteiger partial charge in [0, 0.05) is 77.8 Å². The molecule has 3 atom stereocenters. The van der Waals surface area contributed by atoms with Gasteiger partial charge in [0.25, 0.3) is 0 Å². The summed E-state index contributed by atoms with van der Waals surface area (Å²) >= 11 is 0. The second kappa shape index (κ2) is 36.6. The van der Waals surface area contributed by atoms with E-state index >= 15 is 0 Å². The summed E-state index contributed by atoms with van der Waals surface area (Å²) in [6, 6.07) is 36.2. The van der Waals surface area contributed by atoms with Crippen molar-refractivity contribution < 1.29 is 63.8 Å². The average molecular weight is 1570 g/mol. The van der Waals surface area contributed by atoms with Gasteiger partial charge in [0.15, 0.2) is 0 Å². The van der Waals surface area contributed by atoms with Crippen molar-refractivity contribution in [3.05, 3.63) is 267 Å². The number of hydrogen-bond acceptors (Lipinski definition) is 14. The summed E-state index contributed by atoms with van der Waals surface area (Å²) in [5.41, 5.74) is 14.1. The first-order valence-electron chi connectivity index (χ1n) is 36.0. The Balaban J connectivity index is 0.000000134. The number of urea groups is 1. The highest BCUT2D eigenvalue weighted by atomic mass is 19.2. The quantitative estimate of drug-likeness (QED) is 0.0356. The van der Waals surface area contributed by atoms with Crippen molar-refractivity contribution in [2.75, 3.05) is 74.3 Å². The number of rotatable bonds is 18. The zero-order chi connectivity index (χ0) is 80.7. The van der Waals surface area contributed by atoms with Crippen LogP contribution in [0.15, 0.2) is 170 Å². The molecule has 586 valence electrons. The number of fused-ring (bicyclic) bond motifs is 4. The summed E-state index contributed by atoms with van der Waals surface area (Å²) in [6.45, 7) is 3.71. The normalized spacial score (nSPS) is 15.3. The monoisotopic (exact) mass is 1570 g/mol. The van der Waals surface area contributed by atoms with Crippen molar-refractivity contribution in [3.63, 3.8) is 0 Å². The van der Waals surface area contributed by atoms with Gasteiger partial charge in [-0.05, 0) is 157 Å². The van der Waals surface area contributed by atoms with Crippen LogP contribution < -0.4 is 37.6 Å². The summed E-state index contributed by atoms with van der Waals surface area (Å²) in [6.07, 6.45) is 18.8. The molecule has 13 aromatic rings. The largest absolute Gasteiger partial charge is 0.379 e. The first-order valence-corrected chi connectivity index (χ1v) is 36.0. The smallest absolute Gasteiger partial charge is 0.315 e. The number of ether oxygens (including phenoxy) is 1. The van der Waals surface area contributed by atoms with Crippen LogP contribution >= 0.6 is 0 Å². The minimum atomic E-state index is -0.990. The van der Waals surface area contributed by atoms with Crippen molar-refractivity contribution in [1.82, 2.24) is 66.2 Å². The maximum Gasteiger partial charge on any atom is 0.315 e. The van der Waals surface area contributed by atoms with Crippen LogP contribution in [0.2, 0.25) is 0 Å². The average Bonchev–Trinajstić information content (AvgIpc) is 1.70. The zero-order valence-electron chi connectivity index (χ0n) is 61.1. The molecule has 115 heavy (non-hydrogen) atoms. The fourth-order valence-corrected chi connectivity index (χ4v) is 12.5. The van der Waals surface area contributed by atoms with Crippen LogP contribution in [0, 0.1) is 46.5 Å². The number of pyridine rings is 1. The third-order valence-electron chi connectivity index (χ3n) is 18.7. The van der Waals surface area contributed by atoms with E-state index in [1.165, 1.54) is 91.1 Å². The summed E-state index contributed by atoms with van der Waals surface area (Å²) in [7, 11) is 1.89. The van der Waals surface area contributed by atoms with Crippen molar-refractivity contribution in [2.45, 2.75) is 31.0 Å². The number of likely N-dealkylation sites (tertiary alicyclic amines) is 1. The zero-order valence-corrected chi connectivity index (χ0v) is 61.1. The lowest BCUT2D eigenvalue weighted by Gasteiger charge is -2.25. The standard InChI is InChI=1S/C22H17F2N5O.C21H20F2N4O2.C21H20F2N4O.C19H15F2N5O2/c23-15-6-3-13(4-7-15)5-8-18-16-10-20(17(24)11-19(16)29-28-18)27-22(30)21(25)14-2-1-9-26-12-14;22-15-4-1-14(2-5-15)3-6-18-16-11-20(17(23)12-19(16)26-25-18)24-21(28)13-27-7-9-29-10-8-27;1-27-10-2-3-20(27)21(28)24-19-11-15-17(25-26-18(15)12-16(19)23)9-6-13-4-7-14(22)8-5-13;20-11-4-1-10(2-5-11)3-6-14-12-7-16(13(21)8-15(12)26-25-14)23-18(27)17-9-22-19(28)24-17/h1-12,21H,25H2,(H,27,30)(H,28,29);1-6,11-12H,7-10,13H2,(H,24,28)(H,25,26);4-9,11-12,20H,2-3,10H2,1H3,(H,24,28)(H,25,26);1-8,17H,9H2,(H,23,27)(H,25,26)(H2,22,24,28)/b8-5+;6-3+;9-6+;6-3+/t;;20-;/m..0./s1. The van der Waals surface area contributed by atoms with E-state index in [0.717, 1.165) is 41.6 Å². The predicted octanol–water partition coefficient (Wildman–Crippen LogP) is 14.0. The van der Waals surface area contributed by atoms with Crippen LogP contribution in [0.5, 0.6) is 0 Å². The molecule has 0 bridgehead atoms. The topological polar surface area (TPSA) is 327 Å². The van der Waals surface area contributed by atoms with Crippen molar-refractivity contribution in [2.24, 2.45) is 5.73 Å². The van der Waals surface area contributed by atoms with Crippen LogP contribution in [0.25, 0.3) is 92.2 Å². The van der Waals surface area contributed by atoms with Crippen LogP contribution in [0.1, 0.15) is 69.5 Å². The summed E-state index contributed by atoms with van der Waals surface area (Å²) in [5, 5.41) is 45.6. The van der Waals surface area contributed by atoms with Gasteiger partial charge in [0.2, 0.25) is 23.6 Å². The molecule has 0 spiro atoms. The SMILES string of the molecule is CN1CCC[C@H]1C(=O)Nc1cc2c(/C=C/c3ccc(F)cc3)n[nH]c2cc1F.NC(C(=O)Nc1cc2c(/C=C/c3ccc(F)cc3)n[nH]c2cc1F)c1cccnc1.O=C(CN1CCOCC1)Nc1cc2c(/C=C/c3ccc(F)cc3)n[nH]c2cc1F.O=C1NCC(C(=O)Nc2cc3c(/C=C/c4ccc(F)cc4)n[nH]c3cc2F)N1. The van der Waals surface area contributed by atoms with Gasteiger partial charge in [-0.2, -0.15) is 20.4 Å². The Kier molecular flexibility index (Phi) is 25.2. The fourth-order valence-electron chi connectivity index (χ4n) is 12.5. The molecule has 0 radical (unpaired) electrons. The third-order valence-corrected chi connectivity index (χ3v) is 18.7. The van der Waals surface area contributed by atoms with Crippen LogP contribution in [-0.4, -0.2) is 150 Å². The van der Waals surface area contributed by atoms with E-state index in [0.29, 0.717) is 98.3 Å². The number of hydrogen-bond donors (Lipinski definition) is 11. The lowest BCUT2D eigenvalue weighted by atomic mass is 10.1. The highest BCUT2D eigenvalue weighted by Gasteiger charge is 2.30. The highest BCUT2D eigenvalue weighted by molar-refractivity contribution is 6.03. The van der Waals surface area contributed by atoms with Gasteiger partial charge in [0.1, 0.15) is 58.6 Å². The minimum absolute atomic E-state index is 0.00956. The van der Waals surface area contributed by atoms with Crippen molar-refractivity contribution >= 4 is 145 Å². The van der Waals surface area contributed by atoms with E-state index in [1.807, 2.05) is 16.8 Å². The van der Waals surface area contributed by atoms with Gasteiger partial charge in [-0.15, -0.1) is 0 Å². The number of nitrogens with zero attached hydrogens (tertiary/aromatic N) is 7. The Hall–Kier alpha value is -13.8. The van der Waals surface area contributed by atoms with Gasteiger partial charge in [0.05, 0.1) is 93.4 Å². The van der Waals surface area contributed by atoms with E-state index < -0.39 is 53.2 Å². The first kappa shape index (κ1) is 79.3. The Morgan fingerprint density at radius 3 is 1.24 bits per heavy atom. The number of aromatic amines is 4. The number of amides is 6. The Morgan fingerprint density at radius 1 is 0.504 bits per heavy atom. The number of anilines is 4. The number of likely N-dealkylation sites (N-methyl/N-ethyl adjacent to an activating group) is 1. The fraction of sp³-hybridized carbons (Fsp3) is 0.157. The molecular formula is C83H72F8N18O6. The number of carbonyl (C=O) groups excluding carboxylic acids is 5. The molecule has 12 N–H and O–H groups in total. The van der Waals surface area contributed by atoms with E-state index in [4.69, 9.17) is 10.5 Å². The Labute approximate surface area is 650 Å². The van der Waals surface area contributed by atoms with Gasteiger partial charge in [-0.25, -0.2) is 39.9 Å². The molecule has 5 aromatic heterocycles. The van der Waals surface area contributed by atoms with Gasteiger partial charge in [-0.1, -0.05) is 78.9 Å². The number of benzene rings is 8. The number of nitrogens with two attached hydrogens (primary N) is 1. The first-order chi connectivity index (χ1) is 55.6.